The lowest BCUT2D eigenvalue weighted by Gasteiger charge is -2.12. The second-order valence-corrected chi connectivity index (χ2v) is 11.1. The molecule has 0 amide bonds. The third-order valence-corrected chi connectivity index (χ3v) is 8.38. The van der Waals surface area contributed by atoms with Gasteiger partial charge in [-0.15, -0.1) is 11.3 Å². The summed E-state index contributed by atoms with van der Waals surface area (Å²) in [7, 11) is -3.73. The summed E-state index contributed by atoms with van der Waals surface area (Å²) in [4.78, 5) is 5.61. The molecule has 0 saturated heterocycles. The van der Waals surface area contributed by atoms with E-state index in [9.17, 15) is 8.42 Å². The third kappa shape index (κ3) is 3.88. The molecule has 1 N–H and O–H groups in total. The smallest absolute Gasteiger partial charge is 0.261 e. The molecule has 0 saturated carbocycles. The van der Waals surface area contributed by atoms with Crippen LogP contribution in [0.1, 0.15) is 5.56 Å². The monoisotopic (exact) mass is 474 g/mol. The number of fused-ring (bicyclic) bond motifs is 2. The third-order valence-electron chi connectivity index (χ3n) is 4.63. The van der Waals surface area contributed by atoms with Gasteiger partial charge < -0.3 is 4.74 Å². The average molecular weight is 475 g/mol. The highest BCUT2D eigenvalue weighted by molar-refractivity contribution is 8.01. The largest absolute Gasteiger partial charge is 0.493 e. The summed E-state index contributed by atoms with van der Waals surface area (Å²) in [5, 5.41) is 0.663. The number of halogens is 1. The maximum atomic E-state index is 13.0. The fraction of sp³-hybridized carbons (Fsp3) is 0.0952. The topological polar surface area (TPSA) is 68.3 Å². The zero-order chi connectivity index (χ0) is 20.7. The summed E-state index contributed by atoms with van der Waals surface area (Å²) in [6.45, 7) is 0.582. The van der Waals surface area contributed by atoms with E-state index in [1.807, 2.05) is 30.3 Å². The fourth-order valence-corrected chi connectivity index (χ4v) is 6.77. The first-order chi connectivity index (χ1) is 14.5. The molecule has 5 nitrogen and oxygen atoms in total. The molecular weight excluding hydrogens is 460 g/mol. The quantitative estimate of drug-likeness (QED) is 0.393. The van der Waals surface area contributed by atoms with Gasteiger partial charge in [0.05, 0.1) is 27.4 Å². The van der Waals surface area contributed by atoms with Crippen LogP contribution >= 0.6 is 34.7 Å². The van der Waals surface area contributed by atoms with E-state index in [0.29, 0.717) is 23.7 Å². The molecule has 0 atom stereocenters. The van der Waals surface area contributed by atoms with Crippen molar-refractivity contribution in [3.8, 4) is 5.75 Å². The maximum Gasteiger partial charge on any atom is 0.261 e. The van der Waals surface area contributed by atoms with Crippen molar-refractivity contribution in [2.24, 2.45) is 0 Å². The molecule has 30 heavy (non-hydrogen) atoms. The van der Waals surface area contributed by atoms with Gasteiger partial charge >= 0.3 is 0 Å². The van der Waals surface area contributed by atoms with Crippen molar-refractivity contribution in [1.82, 2.24) is 4.98 Å². The number of nitrogens with one attached hydrogen (secondary N) is 1. The van der Waals surface area contributed by atoms with Gasteiger partial charge in [0.15, 0.2) is 4.34 Å². The normalized spacial score (nSPS) is 13.2. The Kier molecular flexibility index (Phi) is 5.10. The highest BCUT2D eigenvalue weighted by Gasteiger charge is 2.21. The second kappa shape index (κ2) is 7.77. The van der Waals surface area contributed by atoms with E-state index in [0.717, 1.165) is 30.8 Å². The van der Waals surface area contributed by atoms with Crippen molar-refractivity contribution in [1.29, 1.82) is 0 Å². The van der Waals surface area contributed by atoms with Crippen molar-refractivity contribution < 1.29 is 13.2 Å². The molecule has 0 spiro atoms. The summed E-state index contributed by atoms with van der Waals surface area (Å²) < 4.78 is 36.0. The number of hydrogen-bond acceptors (Lipinski definition) is 6. The van der Waals surface area contributed by atoms with E-state index >= 15 is 0 Å². The minimum absolute atomic E-state index is 0.223. The zero-order valence-corrected chi connectivity index (χ0v) is 18.7. The highest BCUT2D eigenvalue weighted by atomic mass is 35.5. The molecule has 0 bridgehead atoms. The Morgan fingerprint density at radius 1 is 1.10 bits per heavy atom. The summed E-state index contributed by atoms with van der Waals surface area (Å²) in [6, 6.07) is 17.8. The number of ether oxygens (including phenoxy) is 1. The Labute approximate surface area is 187 Å². The molecule has 4 aromatic rings. The van der Waals surface area contributed by atoms with Gasteiger partial charge in [-0.3, -0.25) is 4.72 Å². The molecule has 0 fully saturated rings. The molecule has 3 aromatic carbocycles. The van der Waals surface area contributed by atoms with E-state index in [2.05, 4.69) is 9.71 Å². The molecule has 1 aliphatic heterocycles. The van der Waals surface area contributed by atoms with E-state index < -0.39 is 10.0 Å². The van der Waals surface area contributed by atoms with Gasteiger partial charge in [-0.05, 0) is 54.1 Å². The molecule has 0 unspecified atom stereocenters. The summed E-state index contributed by atoms with van der Waals surface area (Å²) in [6.07, 6.45) is 0.715. The number of hydrogen-bond donors (Lipinski definition) is 1. The zero-order valence-electron chi connectivity index (χ0n) is 15.5. The number of nitrogens with zero attached hydrogens (tertiary/aromatic N) is 1. The summed E-state index contributed by atoms with van der Waals surface area (Å²) in [5.74, 6) is 0.751. The number of para-hydroxylation sites is 1. The Morgan fingerprint density at radius 2 is 1.97 bits per heavy atom. The number of rotatable bonds is 5. The van der Waals surface area contributed by atoms with Crippen molar-refractivity contribution >= 4 is 60.6 Å². The Morgan fingerprint density at radius 3 is 2.87 bits per heavy atom. The molecule has 5 rings (SSSR count). The molecule has 1 aromatic heterocycles. The first-order valence-electron chi connectivity index (χ1n) is 9.09. The second-order valence-electron chi connectivity index (χ2n) is 6.66. The van der Waals surface area contributed by atoms with Gasteiger partial charge in [-0.25, -0.2) is 13.4 Å². The van der Waals surface area contributed by atoms with Gasteiger partial charge in [0.25, 0.3) is 10.0 Å². The van der Waals surface area contributed by atoms with Crippen LogP contribution in [0.3, 0.4) is 0 Å². The number of sulfonamides is 1. The van der Waals surface area contributed by atoms with Gasteiger partial charge in [0.1, 0.15) is 5.75 Å². The maximum absolute atomic E-state index is 13.0. The van der Waals surface area contributed by atoms with Crippen LogP contribution in [0.15, 0.2) is 74.8 Å². The van der Waals surface area contributed by atoms with E-state index in [-0.39, 0.29) is 4.90 Å². The Balaban J connectivity index is 1.44. The molecule has 9 heteroatoms. The first-order valence-corrected chi connectivity index (χ1v) is 12.6. The van der Waals surface area contributed by atoms with Crippen LogP contribution in [-0.2, 0) is 16.4 Å². The molecule has 152 valence electrons. The molecule has 0 aliphatic carbocycles. The van der Waals surface area contributed by atoms with Gasteiger partial charge in [0, 0.05) is 16.3 Å². The van der Waals surface area contributed by atoms with Crippen LogP contribution in [0.5, 0.6) is 5.75 Å². The van der Waals surface area contributed by atoms with E-state index in [1.165, 1.54) is 23.1 Å². The SMILES string of the molecule is O=S(=O)(Nc1ccccc1Sc1nc2ccc(Cl)cc2s1)c1ccc2c(c1)CCO2. The highest BCUT2D eigenvalue weighted by Crippen LogP contribution is 2.39. The first kappa shape index (κ1) is 19.7. The van der Waals surface area contributed by atoms with Crippen molar-refractivity contribution in [3.05, 3.63) is 71.2 Å². The summed E-state index contributed by atoms with van der Waals surface area (Å²) in [5.41, 5.74) is 2.29. The summed E-state index contributed by atoms with van der Waals surface area (Å²) >= 11 is 9.01. The lowest BCUT2D eigenvalue weighted by molar-refractivity contribution is 0.356. The van der Waals surface area contributed by atoms with Gasteiger partial charge in [0.2, 0.25) is 0 Å². The minimum atomic E-state index is -3.73. The minimum Gasteiger partial charge on any atom is -0.493 e. The number of thiazole rings is 1. The lowest BCUT2D eigenvalue weighted by Crippen LogP contribution is -2.13. The van der Waals surface area contributed by atoms with Crippen LogP contribution in [0.25, 0.3) is 10.2 Å². The standard InChI is InChI=1S/C21H15ClN2O3S3/c22-14-5-7-16-20(12-14)29-21(23-16)28-19-4-2-1-3-17(19)24-30(25,26)15-6-8-18-13(11-15)9-10-27-18/h1-8,11-12,24H,9-10H2. The van der Waals surface area contributed by atoms with Crippen LogP contribution in [-0.4, -0.2) is 20.0 Å². The Hall–Kier alpha value is -2.26. The average Bonchev–Trinajstić information content (AvgIpc) is 3.34. The molecular formula is C21H15ClN2O3S3. The van der Waals surface area contributed by atoms with Crippen molar-refractivity contribution in [2.45, 2.75) is 20.6 Å². The van der Waals surface area contributed by atoms with Gasteiger partial charge in [-0.2, -0.15) is 0 Å². The van der Waals surface area contributed by atoms with Crippen molar-refractivity contribution in [2.75, 3.05) is 11.3 Å². The van der Waals surface area contributed by atoms with Crippen LogP contribution < -0.4 is 9.46 Å². The van der Waals surface area contributed by atoms with Crippen molar-refractivity contribution in [3.63, 3.8) is 0 Å². The number of benzene rings is 3. The predicted octanol–water partition coefficient (Wildman–Crippen LogP) is 5.84. The molecule has 0 radical (unpaired) electrons. The predicted molar refractivity (Wildman–Crippen MR) is 122 cm³/mol. The number of aromatic nitrogens is 1. The fourth-order valence-electron chi connectivity index (χ4n) is 3.19. The number of anilines is 1. The molecule has 2 heterocycles. The van der Waals surface area contributed by atoms with Crippen LogP contribution in [0.2, 0.25) is 5.02 Å². The van der Waals surface area contributed by atoms with Crippen LogP contribution in [0, 0.1) is 0 Å². The van der Waals surface area contributed by atoms with Crippen LogP contribution in [0.4, 0.5) is 5.69 Å². The van der Waals surface area contributed by atoms with Gasteiger partial charge in [-0.1, -0.05) is 35.5 Å². The lowest BCUT2D eigenvalue weighted by atomic mass is 10.2. The van der Waals surface area contributed by atoms with E-state index in [4.69, 9.17) is 16.3 Å². The van der Waals surface area contributed by atoms with E-state index in [1.54, 1.807) is 30.3 Å². The molecule has 1 aliphatic rings. The Bertz CT molecular complexity index is 1370.